The molecule has 0 spiro atoms. The van der Waals surface area contributed by atoms with Crippen molar-refractivity contribution in [3.63, 3.8) is 0 Å². The number of halogens is 1. The highest BCUT2D eigenvalue weighted by atomic mass is 35.5. The molecule has 1 saturated heterocycles. The third-order valence-corrected chi connectivity index (χ3v) is 2.66. The van der Waals surface area contributed by atoms with Crippen molar-refractivity contribution < 1.29 is 19.2 Å². The molecule has 1 aliphatic heterocycles. The molecule has 0 unspecified atom stereocenters. The van der Waals surface area contributed by atoms with Crippen LogP contribution in [0.15, 0.2) is 24.3 Å². The number of anilines is 1. The molecule has 0 bridgehead atoms. The Kier molecular flexibility index (Phi) is 3.15. The zero-order chi connectivity index (χ0) is 13.3. The first-order chi connectivity index (χ1) is 8.49. The van der Waals surface area contributed by atoms with Crippen molar-refractivity contribution in [2.45, 2.75) is 6.10 Å². The number of hydrogen-bond donors (Lipinski definition) is 0. The predicted octanol–water partition coefficient (Wildman–Crippen LogP) is 1.69. The van der Waals surface area contributed by atoms with Gasteiger partial charge in [0.05, 0.1) is 17.2 Å². The molecule has 0 aromatic heterocycles. The summed E-state index contributed by atoms with van der Waals surface area (Å²) in [5, 5.41) is 9.84. The van der Waals surface area contributed by atoms with E-state index < -0.39 is 22.4 Å². The van der Waals surface area contributed by atoms with E-state index in [1.54, 1.807) is 0 Å². The van der Waals surface area contributed by atoms with E-state index in [1.165, 1.54) is 24.3 Å². The molecule has 1 aromatic rings. The molecule has 94 valence electrons. The maximum Gasteiger partial charge on any atom is 0.415 e. The molecule has 1 atom stereocenters. The first kappa shape index (κ1) is 12.3. The molecular formula is C10H7ClN2O5. The number of ether oxygens (including phenoxy) is 1. The summed E-state index contributed by atoms with van der Waals surface area (Å²) >= 11 is 5.23. The van der Waals surface area contributed by atoms with Gasteiger partial charge in [0.15, 0.2) is 6.10 Å². The highest BCUT2D eigenvalue weighted by Gasteiger charge is 2.36. The summed E-state index contributed by atoms with van der Waals surface area (Å²) in [7, 11) is 0. The summed E-state index contributed by atoms with van der Waals surface area (Å²) in [6.45, 7) is -0.0532. The van der Waals surface area contributed by atoms with Gasteiger partial charge in [-0.15, -0.1) is 0 Å². The molecule has 0 N–H and O–H groups in total. The summed E-state index contributed by atoms with van der Waals surface area (Å²) in [6.07, 6.45) is -1.80. The number of nitrogens with zero attached hydrogens (tertiary/aromatic N) is 2. The van der Waals surface area contributed by atoms with Crippen LogP contribution in [-0.2, 0) is 9.53 Å². The Bertz CT molecular complexity index is 533. The number of carbonyl (C=O) groups excluding carboxylic acids is 2. The van der Waals surface area contributed by atoms with Crippen molar-refractivity contribution >= 4 is 34.3 Å². The summed E-state index contributed by atoms with van der Waals surface area (Å²) in [5.74, 6) is 0. The zero-order valence-corrected chi connectivity index (χ0v) is 9.66. The molecule has 8 heteroatoms. The number of non-ortho nitro benzene ring substituents is 1. The van der Waals surface area contributed by atoms with Gasteiger partial charge in [-0.1, -0.05) is 6.07 Å². The van der Waals surface area contributed by atoms with Crippen LogP contribution in [-0.4, -0.2) is 28.9 Å². The fraction of sp³-hybridized carbons (Fsp3) is 0.200. The molecule has 1 heterocycles. The van der Waals surface area contributed by atoms with Crippen molar-refractivity contribution in [1.29, 1.82) is 0 Å². The van der Waals surface area contributed by atoms with Crippen molar-refractivity contribution in [3.8, 4) is 0 Å². The molecule has 7 nitrogen and oxygen atoms in total. The van der Waals surface area contributed by atoms with E-state index in [2.05, 4.69) is 0 Å². The monoisotopic (exact) mass is 270 g/mol. The van der Waals surface area contributed by atoms with Crippen molar-refractivity contribution in [1.82, 2.24) is 0 Å². The van der Waals surface area contributed by atoms with Crippen molar-refractivity contribution in [2.24, 2.45) is 0 Å². The molecule has 1 amide bonds. The lowest BCUT2D eigenvalue weighted by Crippen LogP contribution is -2.26. The Labute approximate surface area is 106 Å². The van der Waals surface area contributed by atoms with Gasteiger partial charge < -0.3 is 4.74 Å². The average Bonchev–Trinajstić information content (AvgIpc) is 2.72. The van der Waals surface area contributed by atoms with Crippen LogP contribution in [0.3, 0.4) is 0 Å². The van der Waals surface area contributed by atoms with E-state index in [-0.39, 0.29) is 17.9 Å². The predicted molar refractivity (Wildman–Crippen MR) is 61.6 cm³/mol. The third-order valence-electron chi connectivity index (χ3n) is 2.42. The summed E-state index contributed by atoms with van der Waals surface area (Å²) in [6, 6.07) is 5.48. The Balaban J connectivity index is 2.27. The number of nitro benzene ring substituents is 1. The Morgan fingerprint density at radius 1 is 1.56 bits per heavy atom. The highest BCUT2D eigenvalue weighted by molar-refractivity contribution is 6.64. The molecule has 2 rings (SSSR count). The minimum absolute atomic E-state index is 0.0532. The third kappa shape index (κ3) is 2.25. The van der Waals surface area contributed by atoms with Gasteiger partial charge >= 0.3 is 6.09 Å². The van der Waals surface area contributed by atoms with E-state index in [4.69, 9.17) is 16.3 Å². The van der Waals surface area contributed by atoms with Crippen LogP contribution in [0, 0.1) is 10.1 Å². The van der Waals surface area contributed by atoms with E-state index in [0.717, 1.165) is 4.90 Å². The van der Waals surface area contributed by atoms with E-state index in [1.807, 2.05) is 0 Å². The topological polar surface area (TPSA) is 89.8 Å². The normalized spacial score (nSPS) is 18.6. The summed E-state index contributed by atoms with van der Waals surface area (Å²) in [5.41, 5.74) is 0.135. The Hall–Kier alpha value is -2.15. The van der Waals surface area contributed by atoms with Crippen LogP contribution in [0.4, 0.5) is 16.2 Å². The van der Waals surface area contributed by atoms with Gasteiger partial charge in [-0.05, 0) is 17.7 Å². The second kappa shape index (κ2) is 4.61. The summed E-state index contributed by atoms with van der Waals surface area (Å²) in [4.78, 5) is 33.6. The summed E-state index contributed by atoms with van der Waals surface area (Å²) < 4.78 is 4.73. The van der Waals surface area contributed by atoms with Gasteiger partial charge in [-0.2, -0.15) is 0 Å². The van der Waals surface area contributed by atoms with Crippen LogP contribution in [0.5, 0.6) is 0 Å². The SMILES string of the molecule is O=C(Cl)[C@@H]1CN(c2cccc([N+](=O)[O-])c2)C(=O)O1. The number of rotatable bonds is 3. The molecule has 1 aromatic carbocycles. The van der Waals surface area contributed by atoms with E-state index in [0.29, 0.717) is 0 Å². The van der Waals surface area contributed by atoms with Crippen molar-refractivity contribution in [3.05, 3.63) is 34.4 Å². The lowest BCUT2D eigenvalue weighted by Gasteiger charge is -2.11. The minimum atomic E-state index is -1.04. The zero-order valence-electron chi connectivity index (χ0n) is 8.91. The maximum atomic E-state index is 11.5. The Morgan fingerprint density at radius 2 is 2.28 bits per heavy atom. The molecule has 0 saturated carbocycles. The van der Waals surface area contributed by atoms with Crippen LogP contribution < -0.4 is 4.90 Å². The van der Waals surface area contributed by atoms with Gasteiger partial charge in [-0.3, -0.25) is 19.8 Å². The van der Waals surface area contributed by atoms with Crippen LogP contribution >= 0.6 is 11.6 Å². The van der Waals surface area contributed by atoms with Gasteiger partial charge in [-0.25, -0.2) is 4.79 Å². The van der Waals surface area contributed by atoms with E-state index in [9.17, 15) is 19.7 Å². The fourth-order valence-corrected chi connectivity index (χ4v) is 1.68. The van der Waals surface area contributed by atoms with Gasteiger partial charge in [0.25, 0.3) is 10.9 Å². The van der Waals surface area contributed by atoms with Gasteiger partial charge in [0.1, 0.15) is 0 Å². The molecule has 0 radical (unpaired) electrons. The second-order valence-corrected chi connectivity index (χ2v) is 3.94. The van der Waals surface area contributed by atoms with Crippen LogP contribution in [0.1, 0.15) is 0 Å². The quantitative estimate of drug-likeness (QED) is 0.473. The largest absolute Gasteiger partial charge is 0.434 e. The first-order valence-corrected chi connectivity index (χ1v) is 5.29. The number of cyclic esters (lactones) is 1. The van der Waals surface area contributed by atoms with Crippen LogP contribution in [0.2, 0.25) is 0 Å². The maximum absolute atomic E-state index is 11.5. The smallest absolute Gasteiger partial charge is 0.415 e. The lowest BCUT2D eigenvalue weighted by molar-refractivity contribution is -0.384. The van der Waals surface area contributed by atoms with E-state index >= 15 is 0 Å². The van der Waals surface area contributed by atoms with Crippen LogP contribution in [0.25, 0.3) is 0 Å². The highest BCUT2D eigenvalue weighted by Crippen LogP contribution is 2.25. The Morgan fingerprint density at radius 3 is 2.83 bits per heavy atom. The minimum Gasteiger partial charge on any atom is -0.434 e. The molecule has 18 heavy (non-hydrogen) atoms. The lowest BCUT2D eigenvalue weighted by atomic mass is 10.2. The molecular weight excluding hydrogens is 264 g/mol. The van der Waals surface area contributed by atoms with Gasteiger partial charge in [0.2, 0.25) is 0 Å². The molecule has 1 fully saturated rings. The number of nitro groups is 1. The number of amides is 1. The standard InChI is InChI=1S/C10H7ClN2O5/c11-9(14)8-5-12(10(15)18-8)6-2-1-3-7(4-6)13(16)17/h1-4,8H,5H2/t8-/m0/s1. The number of hydrogen-bond acceptors (Lipinski definition) is 5. The molecule has 0 aliphatic carbocycles. The first-order valence-electron chi connectivity index (χ1n) is 4.91. The fourth-order valence-electron chi connectivity index (χ4n) is 1.57. The molecule has 1 aliphatic rings. The number of carbonyl (C=O) groups is 2. The number of benzene rings is 1. The second-order valence-electron chi connectivity index (χ2n) is 3.56. The van der Waals surface area contributed by atoms with Crippen molar-refractivity contribution in [2.75, 3.05) is 11.4 Å². The van der Waals surface area contributed by atoms with Gasteiger partial charge in [0, 0.05) is 12.1 Å². The average molecular weight is 271 g/mol.